The number of nitrogens with zero attached hydrogens (tertiary/aromatic N) is 1. The Hall–Kier alpha value is -1.77. The van der Waals surface area contributed by atoms with Crippen LogP contribution in [-0.4, -0.2) is 24.0 Å². The number of allylic oxidation sites excluding steroid dienone is 1. The molecule has 0 bridgehead atoms. The lowest BCUT2D eigenvalue weighted by Gasteiger charge is -2.29. The molecule has 2 fully saturated rings. The number of carbonyl (C=O) groups is 1. The molecule has 3 rings (SSSR count). The standard InChI is InChI=1S/C16H19NO2/c1-12(13-6-3-2-4-7-13)17-10-5-8-15(17)14-9-11-19-16(14)18/h2-4,6-7,12H,5,8-11H2,1H3/b15-14-/t12-/m0/s1. The van der Waals surface area contributed by atoms with Crippen LogP contribution in [0.15, 0.2) is 41.6 Å². The summed E-state index contributed by atoms with van der Waals surface area (Å²) in [6.07, 6.45) is 2.90. The Morgan fingerprint density at radius 2 is 2.00 bits per heavy atom. The highest BCUT2D eigenvalue weighted by Crippen LogP contribution is 2.35. The fourth-order valence-corrected chi connectivity index (χ4v) is 3.06. The summed E-state index contributed by atoms with van der Waals surface area (Å²) in [5.41, 5.74) is 3.41. The van der Waals surface area contributed by atoms with Crippen molar-refractivity contribution < 1.29 is 9.53 Å². The smallest absolute Gasteiger partial charge is 0.335 e. The molecular weight excluding hydrogens is 238 g/mol. The number of hydrogen-bond acceptors (Lipinski definition) is 3. The van der Waals surface area contributed by atoms with Gasteiger partial charge in [0.05, 0.1) is 18.2 Å². The van der Waals surface area contributed by atoms with Gasteiger partial charge in [0.15, 0.2) is 0 Å². The Bertz CT molecular complexity index is 507. The second kappa shape index (κ2) is 5.08. The zero-order valence-corrected chi connectivity index (χ0v) is 11.3. The van der Waals surface area contributed by atoms with Crippen molar-refractivity contribution >= 4 is 5.97 Å². The van der Waals surface area contributed by atoms with Gasteiger partial charge in [0.25, 0.3) is 0 Å². The summed E-state index contributed by atoms with van der Waals surface area (Å²) in [6, 6.07) is 10.8. The van der Waals surface area contributed by atoms with Crippen molar-refractivity contribution in [1.82, 2.24) is 4.90 Å². The maximum Gasteiger partial charge on any atom is 0.335 e. The first-order valence-corrected chi connectivity index (χ1v) is 6.98. The molecule has 3 nitrogen and oxygen atoms in total. The summed E-state index contributed by atoms with van der Waals surface area (Å²) in [4.78, 5) is 14.1. The van der Waals surface area contributed by atoms with Crippen molar-refractivity contribution in [2.24, 2.45) is 0 Å². The van der Waals surface area contributed by atoms with Gasteiger partial charge in [-0.3, -0.25) is 0 Å². The third kappa shape index (κ3) is 2.25. The predicted octanol–water partition coefficient (Wildman–Crippen LogP) is 3.04. The number of rotatable bonds is 2. The molecule has 0 amide bonds. The Morgan fingerprint density at radius 3 is 2.68 bits per heavy atom. The number of ether oxygens (including phenoxy) is 1. The van der Waals surface area contributed by atoms with E-state index in [2.05, 4.69) is 36.1 Å². The summed E-state index contributed by atoms with van der Waals surface area (Å²) < 4.78 is 5.09. The van der Waals surface area contributed by atoms with Gasteiger partial charge in [-0.2, -0.15) is 0 Å². The lowest BCUT2D eigenvalue weighted by atomic mass is 10.1. The second-order valence-corrected chi connectivity index (χ2v) is 5.19. The number of esters is 1. The van der Waals surface area contributed by atoms with Crippen LogP contribution in [0.5, 0.6) is 0 Å². The van der Waals surface area contributed by atoms with Crippen molar-refractivity contribution in [2.45, 2.75) is 32.2 Å². The van der Waals surface area contributed by atoms with Crippen LogP contribution in [0.3, 0.4) is 0 Å². The molecule has 2 saturated heterocycles. The molecule has 1 atom stereocenters. The Balaban J connectivity index is 1.90. The molecule has 2 heterocycles. The third-order valence-corrected chi connectivity index (χ3v) is 4.09. The molecule has 1 aromatic rings. The van der Waals surface area contributed by atoms with Gasteiger partial charge in [-0.1, -0.05) is 30.3 Å². The van der Waals surface area contributed by atoms with Gasteiger partial charge < -0.3 is 9.64 Å². The molecule has 0 aliphatic carbocycles. The Labute approximate surface area is 113 Å². The summed E-state index contributed by atoms with van der Waals surface area (Å²) in [7, 11) is 0. The molecular formula is C16H19NO2. The largest absolute Gasteiger partial charge is 0.462 e. The molecule has 0 aromatic heterocycles. The first-order valence-electron chi connectivity index (χ1n) is 6.98. The quantitative estimate of drug-likeness (QED) is 0.602. The van der Waals surface area contributed by atoms with Crippen LogP contribution in [0.4, 0.5) is 0 Å². The van der Waals surface area contributed by atoms with Crippen LogP contribution in [0, 0.1) is 0 Å². The molecule has 2 aliphatic heterocycles. The van der Waals surface area contributed by atoms with Crippen LogP contribution < -0.4 is 0 Å². The second-order valence-electron chi connectivity index (χ2n) is 5.19. The van der Waals surface area contributed by atoms with E-state index >= 15 is 0 Å². The minimum atomic E-state index is -0.109. The first kappa shape index (κ1) is 12.3. The van der Waals surface area contributed by atoms with Crippen LogP contribution in [-0.2, 0) is 9.53 Å². The number of cyclic esters (lactones) is 1. The maximum absolute atomic E-state index is 11.8. The van der Waals surface area contributed by atoms with Gasteiger partial charge in [-0.05, 0) is 25.3 Å². The third-order valence-electron chi connectivity index (χ3n) is 4.09. The van der Waals surface area contributed by atoms with Crippen molar-refractivity contribution in [1.29, 1.82) is 0 Å². The number of hydrogen-bond donors (Lipinski definition) is 0. The van der Waals surface area contributed by atoms with Crippen LogP contribution in [0.1, 0.15) is 37.8 Å². The summed E-state index contributed by atoms with van der Waals surface area (Å²) in [5, 5.41) is 0. The average molecular weight is 257 g/mol. The first-order chi connectivity index (χ1) is 9.27. The summed E-state index contributed by atoms with van der Waals surface area (Å²) in [5.74, 6) is -0.109. The molecule has 0 saturated carbocycles. The molecule has 0 unspecified atom stereocenters. The van der Waals surface area contributed by atoms with E-state index in [0.717, 1.165) is 31.4 Å². The lowest BCUT2D eigenvalue weighted by molar-refractivity contribution is -0.135. The molecule has 19 heavy (non-hydrogen) atoms. The fraction of sp³-hybridized carbons (Fsp3) is 0.438. The monoisotopic (exact) mass is 257 g/mol. The Kier molecular flexibility index (Phi) is 3.28. The topological polar surface area (TPSA) is 29.5 Å². The van der Waals surface area contributed by atoms with Gasteiger partial charge in [0.1, 0.15) is 0 Å². The van der Waals surface area contributed by atoms with E-state index in [-0.39, 0.29) is 5.97 Å². The van der Waals surface area contributed by atoms with Gasteiger partial charge in [-0.15, -0.1) is 0 Å². The van der Waals surface area contributed by atoms with Gasteiger partial charge in [0.2, 0.25) is 0 Å². The van der Waals surface area contributed by atoms with Crippen LogP contribution >= 0.6 is 0 Å². The molecule has 0 N–H and O–H groups in total. The Morgan fingerprint density at radius 1 is 1.21 bits per heavy atom. The van der Waals surface area contributed by atoms with Crippen molar-refractivity contribution in [3.63, 3.8) is 0 Å². The van der Waals surface area contributed by atoms with Gasteiger partial charge in [-0.25, -0.2) is 4.79 Å². The van der Waals surface area contributed by atoms with Gasteiger partial charge in [0, 0.05) is 18.7 Å². The fourth-order valence-electron chi connectivity index (χ4n) is 3.06. The molecule has 0 spiro atoms. The van der Waals surface area contributed by atoms with E-state index in [9.17, 15) is 4.79 Å². The lowest BCUT2D eigenvalue weighted by Crippen LogP contribution is -2.23. The zero-order valence-electron chi connectivity index (χ0n) is 11.3. The van der Waals surface area contributed by atoms with E-state index in [4.69, 9.17) is 4.74 Å². The molecule has 0 radical (unpaired) electrons. The summed E-state index contributed by atoms with van der Waals surface area (Å²) >= 11 is 0. The maximum atomic E-state index is 11.8. The molecule has 3 heteroatoms. The van der Waals surface area contributed by atoms with E-state index < -0.39 is 0 Å². The normalized spacial score (nSPS) is 24.7. The minimum Gasteiger partial charge on any atom is -0.462 e. The van der Waals surface area contributed by atoms with E-state index in [1.165, 1.54) is 11.3 Å². The van der Waals surface area contributed by atoms with E-state index in [0.29, 0.717) is 12.6 Å². The highest BCUT2D eigenvalue weighted by molar-refractivity contribution is 5.91. The highest BCUT2D eigenvalue weighted by atomic mass is 16.5. The van der Waals surface area contributed by atoms with Crippen molar-refractivity contribution in [2.75, 3.05) is 13.2 Å². The SMILES string of the molecule is C[C@@H](c1ccccc1)N1CCC/C1=C1\CCOC1=O. The predicted molar refractivity (Wildman–Crippen MR) is 73.4 cm³/mol. The van der Waals surface area contributed by atoms with E-state index in [1.807, 2.05) is 6.07 Å². The zero-order chi connectivity index (χ0) is 13.2. The molecule has 100 valence electrons. The van der Waals surface area contributed by atoms with Crippen LogP contribution in [0.2, 0.25) is 0 Å². The van der Waals surface area contributed by atoms with Crippen molar-refractivity contribution in [3.05, 3.63) is 47.2 Å². The van der Waals surface area contributed by atoms with E-state index in [1.54, 1.807) is 0 Å². The number of benzene rings is 1. The minimum absolute atomic E-state index is 0.109. The summed E-state index contributed by atoms with van der Waals surface area (Å²) in [6.45, 7) is 3.79. The molecule has 1 aromatic carbocycles. The molecule has 2 aliphatic rings. The van der Waals surface area contributed by atoms with Gasteiger partial charge >= 0.3 is 5.97 Å². The number of carbonyl (C=O) groups excluding carboxylic acids is 1. The number of likely N-dealkylation sites (tertiary alicyclic amines) is 1. The average Bonchev–Trinajstić information content (AvgIpc) is 3.07. The van der Waals surface area contributed by atoms with Crippen LogP contribution in [0.25, 0.3) is 0 Å². The highest BCUT2D eigenvalue weighted by Gasteiger charge is 2.31. The van der Waals surface area contributed by atoms with Crippen molar-refractivity contribution in [3.8, 4) is 0 Å².